The maximum atomic E-state index is 9.69. The monoisotopic (exact) mass is 258 g/mol. The van der Waals surface area contributed by atoms with Gasteiger partial charge in [-0.1, -0.05) is 29.4 Å². The fraction of sp³-hybridized carbons (Fsp3) is 0.455. The molecule has 1 unspecified atom stereocenters. The summed E-state index contributed by atoms with van der Waals surface area (Å²) < 4.78 is 6.25. The lowest BCUT2D eigenvalue weighted by atomic mass is 10.2. The molecule has 0 aliphatic rings. The highest BCUT2D eigenvalue weighted by Crippen LogP contribution is 2.24. The molecule has 78 valence electrons. The number of halogens is 1. The molecule has 1 N–H and O–H groups in total. The lowest BCUT2D eigenvalue weighted by molar-refractivity contribution is 0.150. The van der Waals surface area contributed by atoms with Crippen LogP contribution >= 0.6 is 15.9 Å². The van der Waals surface area contributed by atoms with Gasteiger partial charge in [0.1, 0.15) is 17.6 Å². The third-order valence-corrected chi connectivity index (χ3v) is 2.25. The van der Waals surface area contributed by atoms with Gasteiger partial charge in [-0.25, -0.2) is 0 Å². The average molecular weight is 259 g/mol. The first kappa shape index (κ1) is 11.5. The summed E-state index contributed by atoms with van der Waals surface area (Å²) in [6.45, 7) is 5.77. The Morgan fingerprint density at radius 3 is 2.93 bits per heavy atom. The summed E-state index contributed by atoms with van der Waals surface area (Å²) in [6, 6.07) is 3.74. The first-order chi connectivity index (χ1) is 6.63. The molecule has 1 aromatic heterocycles. The van der Waals surface area contributed by atoms with Gasteiger partial charge in [-0.2, -0.15) is 0 Å². The van der Waals surface area contributed by atoms with Crippen molar-refractivity contribution in [2.24, 2.45) is 0 Å². The Morgan fingerprint density at radius 2 is 2.36 bits per heavy atom. The molecule has 1 atom stereocenters. The van der Waals surface area contributed by atoms with Crippen LogP contribution in [0.1, 0.15) is 37.4 Å². The molecular formula is C11H15BrO2. The first-order valence-electron chi connectivity index (χ1n) is 4.73. The van der Waals surface area contributed by atoms with Crippen molar-refractivity contribution in [3.05, 3.63) is 34.7 Å². The molecule has 14 heavy (non-hydrogen) atoms. The standard InChI is InChI=1S/C11H15BrO2/c1-3-4-9-5-6-11(14-9)10(13)7-8(2)12/h5-6,10,13H,2-4,7H2,1H3. The molecule has 1 rings (SSSR count). The van der Waals surface area contributed by atoms with Crippen LogP contribution in [-0.2, 0) is 6.42 Å². The number of hydrogen-bond acceptors (Lipinski definition) is 2. The molecule has 0 aliphatic heterocycles. The van der Waals surface area contributed by atoms with Gasteiger partial charge in [0.2, 0.25) is 0 Å². The highest BCUT2D eigenvalue weighted by atomic mass is 79.9. The number of rotatable bonds is 5. The molecule has 1 heterocycles. The molecule has 3 heteroatoms. The highest BCUT2D eigenvalue weighted by Gasteiger charge is 2.12. The smallest absolute Gasteiger partial charge is 0.133 e. The number of aliphatic hydroxyl groups is 1. The van der Waals surface area contributed by atoms with Crippen LogP contribution in [0, 0.1) is 0 Å². The first-order valence-corrected chi connectivity index (χ1v) is 5.52. The quantitative estimate of drug-likeness (QED) is 0.876. The van der Waals surface area contributed by atoms with Gasteiger partial charge in [-0.05, 0) is 23.0 Å². The highest BCUT2D eigenvalue weighted by molar-refractivity contribution is 9.11. The zero-order valence-electron chi connectivity index (χ0n) is 8.29. The fourth-order valence-corrected chi connectivity index (χ4v) is 1.57. The molecule has 0 bridgehead atoms. The number of aliphatic hydroxyl groups excluding tert-OH is 1. The summed E-state index contributed by atoms with van der Waals surface area (Å²) in [5.41, 5.74) is 0. The van der Waals surface area contributed by atoms with Crippen molar-refractivity contribution in [1.29, 1.82) is 0 Å². The summed E-state index contributed by atoms with van der Waals surface area (Å²) >= 11 is 3.21. The van der Waals surface area contributed by atoms with Gasteiger partial charge in [-0.3, -0.25) is 0 Å². The maximum Gasteiger partial charge on any atom is 0.133 e. The van der Waals surface area contributed by atoms with Crippen molar-refractivity contribution in [3.8, 4) is 0 Å². The van der Waals surface area contributed by atoms with Gasteiger partial charge in [0.15, 0.2) is 0 Å². The molecule has 0 fully saturated rings. The molecule has 0 spiro atoms. The minimum Gasteiger partial charge on any atom is -0.463 e. The normalized spacial score (nSPS) is 12.8. The zero-order chi connectivity index (χ0) is 10.6. The van der Waals surface area contributed by atoms with Gasteiger partial charge in [0.25, 0.3) is 0 Å². The summed E-state index contributed by atoms with van der Waals surface area (Å²) in [5, 5.41) is 9.69. The summed E-state index contributed by atoms with van der Waals surface area (Å²) in [5.74, 6) is 1.55. The minimum absolute atomic E-state index is 0.485. The van der Waals surface area contributed by atoms with E-state index in [9.17, 15) is 5.11 Å². The summed E-state index contributed by atoms with van der Waals surface area (Å²) in [6.07, 6.45) is 1.86. The number of hydrogen-bond donors (Lipinski definition) is 1. The Hall–Kier alpha value is -0.540. The fourth-order valence-electron chi connectivity index (χ4n) is 1.26. The Morgan fingerprint density at radius 1 is 1.64 bits per heavy atom. The Bertz CT molecular complexity index is 304. The van der Waals surface area contributed by atoms with Gasteiger partial charge >= 0.3 is 0 Å². The molecule has 1 aromatic rings. The number of aryl methyl sites for hydroxylation is 1. The molecule has 0 aromatic carbocycles. The van der Waals surface area contributed by atoms with E-state index < -0.39 is 6.10 Å². The predicted octanol–water partition coefficient (Wildman–Crippen LogP) is 3.56. The van der Waals surface area contributed by atoms with Crippen LogP contribution in [0.5, 0.6) is 0 Å². The molecule has 0 saturated heterocycles. The molecular weight excluding hydrogens is 244 g/mol. The second-order valence-corrected chi connectivity index (χ2v) is 4.41. The lowest BCUT2D eigenvalue weighted by Crippen LogP contribution is -1.94. The third kappa shape index (κ3) is 3.31. The van der Waals surface area contributed by atoms with Gasteiger partial charge in [0.05, 0.1) is 0 Å². The van der Waals surface area contributed by atoms with E-state index >= 15 is 0 Å². The van der Waals surface area contributed by atoms with Gasteiger partial charge in [0, 0.05) is 12.8 Å². The van der Waals surface area contributed by atoms with Crippen molar-refractivity contribution in [1.82, 2.24) is 0 Å². The minimum atomic E-state index is -0.590. The van der Waals surface area contributed by atoms with Crippen molar-refractivity contribution >= 4 is 15.9 Å². The zero-order valence-corrected chi connectivity index (χ0v) is 9.88. The van der Waals surface area contributed by atoms with E-state index in [4.69, 9.17) is 4.42 Å². The average Bonchev–Trinajstić information content (AvgIpc) is 2.52. The van der Waals surface area contributed by atoms with Crippen LogP contribution in [-0.4, -0.2) is 5.11 Å². The van der Waals surface area contributed by atoms with Crippen LogP contribution in [0.4, 0.5) is 0 Å². The molecule has 2 nitrogen and oxygen atoms in total. The molecule has 0 saturated carbocycles. The van der Waals surface area contributed by atoms with E-state index in [0.29, 0.717) is 12.2 Å². The van der Waals surface area contributed by atoms with Crippen LogP contribution in [0.25, 0.3) is 0 Å². The van der Waals surface area contributed by atoms with E-state index in [0.717, 1.165) is 23.1 Å². The largest absolute Gasteiger partial charge is 0.463 e. The van der Waals surface area contributed by atoms with Crippen LogP contribution in [0.2, 0.25) is 0 Å². The Labute approximate surface area is 92.8 Å². The van der Waals surface area contributed by atoms with Crippen LogP contribution in [0.3, 0.4) is 0 Å². The predicted molar refractivity (Wildman–Crippen MR) is 60.3 cm³/mol. The van der Waals surface area contributed by atoms with E-state index in [1.807, 2.05) is 12.1 Å². The van der Waals surface area contributed by atoms with Crippen LogP contribution < -0.4 is 0 Å². The molecule has 0 amide bonds. The van der Waals surface area contributed by atoms with E-state index in [2.05, 4.69) is 29.4 Å². The van der Waals surface area contributed by atoms with E-state index in [1.54, 1.807) is 0 Å². The molecule has 0 radical (unpaired) electrons. The SMILES string of the molecule is C=C(Br)CC(O)c1ccc(CCC)o1. The Balaban J connectivity index is 2.61. The van der Waals surface area contributed by atoms with Gasteiger partial charge in [-0.15, -0.1) is 0 Å². The van der Waals surface area contributed by atoms with E-state index in [1.165, 1.54) is 0 Å². The topological polar surface area (TPSA) is 33.4 Å². The van der Waals surface area contributed by atoms with Crippen molar-refractivity contribution in [3.63, 3.8) is 0 Å². The second kappa shape index (κ2) is 5.37. The maximum absolute atomic E-state index is 9.69. The van der Waals surface area contributed by atoms with E-state index in [-0.39, 0.29) is 0 Å². The Kier molecular flexibility index (Phi) is 4.42. The van der Waals surface area contributed by atoms with Gasteiger partial charge < -0.3 is 9.52 Å². The van der Waals surface area contributed by atoms with Crippen LogP contribution in [0.15, 0.2) is 27.6 Å². The molecule has 0 aliphatic carbocycles. The number of furan rings is 1. The van der Waals surface area contributed by atoms with Crippen molar-refractivity contribution < 1.29 is 9.52 Å². The lowest BCUT2D eigenvalue weighted by Gasteiger charge is -2.05. The van der Waals surface area contributed by atoms with Crippen molar-refractivity contribution in [2.75, 3.05) is 0 Å². The van der Waals surface area contributed by atoms with Crippen molar-refractivity contribution in [2.45, 2.75) is 32.3 Å². The third-order valence-electron chi connectivity index (χ3n) is 1.92. The summed E-state index contributed by atoms with van der Waals surface area (Å²) in [4.78, 5) is 0. The second-order valence-electron chi connectivity index (χ2n) is 3.29. The summed E-state index contributed by atoms with van der Waals surface area (Å²) in [7, 11) is 0.